The van der Waals surface area contributed by atoms with Crippen LogP contribution in [0.4, 0.5) is 5.95 Å². The molecule has 0 aliphatic carbocycles. The maximum absolute atomic E-state index is 11.8. The van der Waals surface area contributed by atoms with Crippen molar-refractivity contribution in [3.05, 3.63) is 18.5 Å². The first kappa shape index (κ1) is 21.0. The number of halogens is 1. The number of amides is 1. The summed E-state index contributed by atoms with van der Waals surface area (Å²) in [5, 5.41) is 2.93. The average Bonchev–Trinajstić information content (AvgIpc) is 2.61. The first-order valence-corrected chi connectivity index (χ1v) is 9.36. The van der Waals surface area contributed by atoms with Gasteiger partial charge in [-0.3, -0.25) is 9.69 Å². The van der Waals surface area contributed by atoms with Gasteiger partial charge in [-0.2, -0.15) is 11.8 Å². The Balaban J connectivity index is 0.00000288. The molecule has 0 spiro atoms. The number of nitrogens with zero attached hydrogens (tertiary/aromatic N) is 4. The maximum atomic E-state index is 11.8. The molecule has 136 valence electrons. The van der Waals surface area contributed by atoms with Gasteiger partial charge in [0.15, 0.2) is 0 Å². The van der Waals surface area contributed by atoms with E-state index in [4.69, 9.17) is 5.73 Å². The second-order valence-electron chi connectivity index (χ2n) is 5.56. The second kappa shape index (κ2) is 11.5. The number of piperazine rings is 1. The summed E-state index contributed by atoms with van der Waals surface area (Å²) in [7, 11) is 0. The molecule has 24 heavy (non-hydrogen) atoms. The van der Waals surface area contributed by atoms with E-state index >= 15 is 0 Å². The summed E-state index contributed by atoms with van der Waals surface area (Å²) in [6.45, 7) is 5.22. The zero-order valence-electron chi connectivity index (χ0n) is 14.1. The molecular weight excluding hydrogens is 348 g/mol. The van der Waals surface area contributed by atoms with Crippen LogP contribution in [-0.2, 0) is 4.79 Å². The van der Waals surface area contributed by atoms with Gasteiger partial charge in [0.05, 0.1) is 6.04 Å². The number of hydrogen-bond acceptors (Lipinski definition) is 7. The van der Waals surface area contributed by atoms with E-state index in [0.29, 0.717) is 6.54 Å². The summed E-state index contributed by atoms with van der Waals surface area (Å²) < 4.78 is 0. The van der Waals surface area contributed by atoms with Gasteiger partial charge in [-0.25, -0.2) is 9.97 Å². The molecule has 9 heteroatoms. The molecule has 0 bridgehead atoms. The summed E-state index contributed by atoms with van der Waals surface area (Å²) >= 11 is 1.71. The van der Waals surface area contributed by atoms with Crippen molar-refractivity contribution in [2.24, 2.45) is 5.73 Å². The van der Waals surface area contributed by atoms with Crippen molar-refractivity contribution in [2.45, 2.75) is 12.5 Å². The molecule has 1 aliphatic heterocycles. The lowest BCUT2D eigenvalue weighted by Gasteiger charge is -2.34. The van der Waals surface area contributed by atoms with E-state index in [2.05, 4.69) is 25.1 Å². The highest BCUT2D eigenvalue weighted by molar-refractivity contribution is 7.98. The SMILES string of the molecule is CSCC[C@H](N)C(=O)NCCN1CCN(c2ncccn2)CC1.Cl. The minimum Gasteiger partial charge on any atom is -0.353 e. The number of rotatable bonds is 8. The number of nitrogens with two attached hydrogens (primary N) is 1. The summed E-state index contributed by atoms with van der Waals surface area (Å²) in [6, 6.07) is 1.43. The molecule has 1 atom stereocenters. The zero-order valence-corrected chi connectivity index (χ0v) is 15.7. The number of thioether (sulfide) groups is 1. The van der Waals surface area contributed by atoms with Crippen LogP contribution in [0.15, 0.2) is 18.5 Å². The van der Waals surface area contributed by atoms with Gasteiger partial charge in [-0.05, 0) is 24.5 Å². The average molecular weight is 375 g/mol. The van der Waals surface area contributed by atoms with Crippen molar-refractivity contribution >= 4 is 36.0 Å². The molecular formula is C15H27ClN6OS. The van der Waals surface area contributed by atoms with Gasteiger partial charge in [0.25, 0.3) is 0 Å². The Morgan fingerprint density at radius 3 is 2.62 bits per heavy atom. The van der Waals surface area contributed by atoms with Gasteiger partial charge in [0.1, 0.15) is 0 Å². The standard InChI is InChI=1S/C15H26N6OS.ClH/c1-23-12-3-13(16)14(22)17-6-7-20-8-10-21(11-9-20)15-18-4-2-5-19-15;/h2,4-5,13H,3,6-12,16H2,1H3,(H,17,22);1H/t13-;/m0./s1. The Morgan fingerprint density at radius 1 is 1.33 bits per heavy atom. The van der Waals surface area contributed by atoms with E-state index < -0.39 is 6.04 Å². The molecule has 1 aliphatic rings. The molecule has 2 heterocycles. The molecule has 1 fully saturated rings. The first-order chi connectivity index (χ1) is 11.2. The van der Waals surface area contributed by atoms with Crippen LogP contribution in [0, 0.1) is 0 Å². The highest BCUT2D eigenvalue weighted by Gasteiger charge is 2.19. The van der Waals surface area contributed by atoms with Crippen molar-refractivity contribution in [1.29, 1.82) is 0 Å². The third kappa shape index (κ3) is 6.80. The van der Waals surface area contributed by atoms with Crippen molar-refractivity contribution in [3.63, 3.8) is 0 Å². The largest absolute Gasteiger partial charge is 0.353 e. The van der Waals surface area contributed by atoms with Crippen LogP contribution in [0.3, 0.4) is 0 Å². The lowest BCUT2D eigenvalue weighted by atomic mass is 10.2. The van der Waals surface area contributed by atoms with E-state index in [0.717, 1.165) is 50.8 Å². The molecule has 0 aromatic carbocycles. The van der Waals surface area contributed by atoms with Crippen LogP contribution in [-0.4, -0.2) is 78.1 Å². The lowest BCUT2D eigenvalue weighted by Crippen LogP contribution is -2.50. The van der Waals surface area contributed by atoms with Crippen LogP contribution in [0.5, 0.6) is 0 Å². The molecule has 0 radical (unpaired) electrons. The quantitative estimate of drug-likeness (QED) is 0.672. The predicted octanol–water partition coefficient (Wildman–Crippen LogP) is 0.217. The summed E-state index contributed by atoms with van der Waals surface area (Å²) in [5.41, 5.74) is 5.85. The fourth-order valence-corrected chi connectivity index (χ4v) is 2.96. The fourth-order valence-electron chi connectivity index (χ4n) is 2.47. The van der Waals surface area contributed by atoms with E-state index in [9.17, 15) is 4.79 Å². The van der Waals surface area contributed by atoms with E-state index in [1.807, 2.05) is 12.3 Å². The van der Waals surface area contributed by atoms with Crippen LogP contribution < -0.4 is 16.0 Å². The first-order valence-electron chi connectivity index (χ1n) is 7.97. The van der Waals surface area contributed by atoms with Crippen LogP contribution >= 0.6 is 24.2 Å². The zero-order chi connectivity index (χ0) is 16.5. The fraction of sp³-hybridized carbons (Fsp3) is 0.667. The maximum Gasteiger partial charge on any atom is 0.236 e. The number of nitrogens with one attached hydrogen (secondary N) is 1. The van der Waals surface area contributed by atoms with E-state index in [-0.39, 0.29) is 18.3 Å². The molecule has 0 saturated carbocycles. The highest BCUT2D eigenvalue weighted by Crippen LogP contribution is 2.09. The molecule has 0 unspecified atom stereocenters. The van der Waals surface area contributed by atoms with Gasteiger partial charge >= 0.3 is 0 Å². The third-order valence-electron chi connectivity index (χ3n) is 3.90. The van der Waals surface area contributed by atoms with Crippen LogP contribution in [0.2, 0.25) is 0 Å². The van der Waals surface area contributed by atoms with Crippen molar-refractivity contribution in [3.8, 4) is 0 Å². The monoisotopic (exact) mass is 374 g/mol. The summed E-state index contributed by atoms with van der Waals surface area (Å²) in [6.07, 6.45) is 6.28. The smallest absolute Gasteiger partial charge is 0.236 e. The molecule has 1 saturated heterocycles. The Labute approximate surface area is 154 Å². The van der Waals surface area contributed by atoms with Gasteiger partial charge in [-0.15, -0.1) is 12.4 Å². The molecule has 1 aromatic rings. The minimum absolute atomic E-state index is 0. The summed E-state index contributed by atoms with van der Waals surface area (Å²) in [5.74, 6) is 1.66. The molecule has 2 rings (SSSR count). The number of carbonyl (C=O) groups is 1. The molecule has 3 N–H and O–H groups in total. The van der Waals surface area contributed by atoms with Gasteiger partial charge in [0.2, 0.25) is 11.9 Å². The second-order valence-corrected chi connectivity index (χ2v) is 6.54. The van der Waals surface area contributed by atoms with E-state index in [1.165, 1.54) is 0 Å². The Hall–Kier alpha value is -1.09. The lowest BCUT2D eigenvalue weighted by molar-refractivity contribution is -0.122. The molecule has 7 nitrogen and oxygen atoms in total. The number of aromatic nitrogens is 2. The number of carbonyl (C=O) groups excluding carboxylic acids is 1. The van der Waals surface area contributed by atoms with Crippen LogP contribution in [0.25, 0.3) is 0 Å². The topological polar surface area (TPSA) is 87.4 Å². The highest BCUT2D eigenvalue weighted by atomic mass is 35.5. The normalized spacial score (nSPS) is 16.3. The number of anilines is 1. The Morgan fingerprint density at radius 2 is 2.00 bits per heavy atom. The Bertz CT molecular complexity index is 472. The molecule has 1 amide bonds. The third-order valence-corrected chi connectivity index (χ3v) is 4.55. The van der Waals surface area contributed by atoms with Gasteiger partial charge in [-0.1, -0.05) is 0 Å². The van der Waals surface area contributed by atoms with Crippen molar-refractivity contribution in [2.75, 3.05) is 56.2 Å². The van der Waals surface area contributed by atoms with Crippen molar-refractivity contribution in [1.82, 2.24) is 20.2 Å². The van der Waals surface area contributed by atoms with Gasteiger partial charge in [0, 0.05) is 51.7 Å². The number of hydrogen-bond donors (Lipinski definition) is 2. The molecule has 1 aromatic heterocycles. The van der Waals surface area contributed by atoms with E-state index in [1.54, 1.807) is 24.2 Å². The Kier molecular flexibility index (Phi) is 10.0. The van der Waals surface area contributed by atoms with Gasteiger partial charge < -0.3 is 16.0 Å². The van der Waals surface area contributed by atoms with Crippen LogP contribution in [0.1, 0.15) is 6.42 Å². The minimum atomic E-state index is -0.394. The van der Waals surface area contributed by atoms with Crippen molar-refractivity contribution < 1.29 is 4.79 Å². The predicted molar refractivity (Wildman–Crippen MR) is 102 cm³/mol. The summed E-state index contributed by atoms with van der Waals surface area (Å²) in [4.78, 5) is 24.9.